The number of hydrogen-bond acceptors (Lipinski definition) is 4. The van der Waals surface area contributed by atoms with E-state index in [1.54, 1.807) is 11.3 Å². The van der Waals surface area contributed by atoms with Crippen LogP contribution in [-0.2, 0) is 4.74 Å². The molecule has 2 atom stereocenters. The van der Waals surface area contributed by atoms with Gasteiger partial charge in [-0.05, 0) is 18.1 Å². The SMILES string of the molecule is CC1CNCC(c2nc3ccccc3s2)OC1. The maximum atomic E-state index is 5.92. The lowest BCUT2D eigenvalue weighted by molar-refractivity contribution is 0.0515. The molecule has 17 heavy (non-hydrogen) atoms. The Morgan fingerprint density at radius 3 is 3.12 bits per heavy atom. The summed E-state index contributed by atoms with van der Waals surface area (Å²) in [5, 5.41) is 4.52. The molecule has 1 aromatic carbocycles. The first-order valence-corrected chi connectivity index (χ1v) is 6.82. The number of rotatable bonds is 1. The molecular weight excluding hydrogens is 232 g/mol. The van der Waals surface area contributed by atoms with E-state index in [1.807, 2.05) is 6.07 Å². The Kier molecular flexibility index (Phi) is 3.09. The minimum Gasteiger partial charge on any atom is -0.369 e. The summed E-state index contributed by atoms with van der Waals surface area (Å²) in [5.74, 6) is 0.578. The molecule has 2 unspecified atom stereocenters. The average Bonchev–Trinajstić information content (AvgIpc) is 2.65. The van der Waals surface area contributed by atoms with Gasteiger partial charge in [0.1, 0.15) is 11.1 Å². The quantitative estimate of drug-likeness (QED) is 0.842. The van der Waals surface area contributed by atoms with Gasteiger partial charge in [-0.2, -0.15) is 0 Å². The smallest absolute Gasteiger partial charge is 0.124 e. The molecule has 0 bridgehead atoms. The number of nitrogens with zero attached hydrogens (tertiary/aromatic N) is 1. The van der Waals surface area contributed by atoms with Crippen molar-refractivity contribution in [3.8, 4) is 0 Å². The molecule has 2 heterocycles. The summed E-state index contributed by atoms with van der Waals surface area (Å²) in [5.41, 5.74) is 1.08. The zero-order chi connectivity index (χ0) is 11.7. The number of benzene rings is 1. The molecule has 3 rings (SSSR count). The number of fused-ring (bicyclic) bond motifs is 1. The highest BCUT2D eigenvalue weighted by molar-refractivity contribution is 7.18. The van der Waals surface area contributed by atoms with Crippen LogP contribution in [0.2, 0.25) is 0 Å². The van der Waals surface area contributed by atoms with Gasteiger partial charge in [-0.25, -0.2) is 4.98 Å². The minimum atomic E-state index is 0.109. The van der Waals surface area contributed by atoms with Crippen LogP contribution < -0.4 is 5.32 Å². The van der Waals surface area contributed by atoms with Crippen LogP contribution in [0, 0.1) is 5.92 Å². The van der Waals surface area contributed by atoms with Gasteiger partial charge in [0.05, 0.1) is 16.8 Å². The van der Waals surface area contributed by atoms with Gasteiger partial charge < -0.3 is 10.1 Å². The van der Waals surface area contributed by atoms with Crippen molar-refractivity contribution < 1.29 is 4.74 Å². The number of aromatic nitrogens is 1. The van der Waals surface area contributed by atoms with Crippen LogP contribution in [-0.4, -0.2) is 24.7 Å². The van der Waals surface area contributed by atoms with Crippen LogP contribution in [0.4, 0.5) is 0 Å². The van der Waals surface area contributed by atoms with E-state index in [1.165, 1.54) is 4.70 Å². The van der Waals surface area contributed by atoms with Crippen LogP contribution in [0.15, 0.2) is 24.3 Å². The second kappa shape index (κ2) is 4.72. The van der Waals surface area contributed by atoms with Gasteiger partial charge in [0.2, 0.25) is 0 Å². The Morgan fingerprint density at radius 1 is 1.35 bits per heavy atom. The first kappa shape index (κ1) is 11.1. The first-order valence-electron chi connectivity index (χ1n) is 6.01. The van der Waals surface area contributed by atoms with Crippen molar-refractivity contribution in [2.75, 3.05) is 19.7 Å². The highest BCUT2D eigenvalue weighted by Gasteiger charge is 2.20. The summed E-state index contributed by atoms with van der Waals surface area (Å²) in [4.78, 5) is 4.66. The Labute approximate surface area is 105 Å². The molecular formula is C13H16N2OS. The van der Waals surface area contributed by atoms with Crippen molar-refractivity contribution in [2.24, 2.45) is 5.92 Å². The first-order chi connectivity index (χ1) is 8.33. The summed E-state index contributed by atoms with van der Waals surface area (Å²) in [6.07, 6.45) is 0.109. The van der Waals surface area contributed by atoms with E-state index >= 15 is 0 Å². The van der Waals surface area contributed by atoms with Crippen LogP contribution >= 0.6 is 11.3 Å². The van der Waals surface area contributed by atoms with Gasteiger partial charge in [-0.3, -0.25) is 0 Å². The molecule has 0 amide bonds. The number of thiazole rings is 1. The highest BCUT2D eigenvalue weighted by atomic mass is 32.1. The lowest BCUT2D eigenvalue weighted by atomic mass is 10.2. The zero-order valence-electron chi connectivity index (χ0n) is 9.85. The van der Waals surface area contributed by atoms with Gasteiger partial charge in [0.25, 0.3) is 0 Å². The number of para-hydroxylation sites is 1. The van der Waals surface area contributed by atoms with E-state index in [-0.39, 0.29) is 6.10 Å². The molecule has 0 spiro atoms. The normalized spacial score (nSPS) is 25.9. The van der Waals surface area contributed by atoms with E-state index in [0.717, 1.165) is 30.2 Å². The van der Waals surface area contributed by atoms with Crippen molar-refractivity contribution >= 4 is 21.6 Å². The van der Waals surface area contributed by atoms with E-state index in [4.69, 9.17) is 4.74 Å². The lowest BCUT2D eigenvalue weighted by Crippen LogP contribution is -2.22. The molecule has 3 nitrogen and oxygen atoms in total. The van der Waals surface area contributed by atoms with Gasteiger partial charge in [-0.1, -0.05) is 19.1 Å². The Hall–Kier alpha value is -0.970. The fraction of sp³-hybridized carbons (Fsp3) is 0.462. The third-order valence-corrected chi connectivity index (χ3v) is 4.12. The predicted octanol–water partition coefficient (Wildman–Crippen LogP) is 2.59. The summed E-state index contributed by atoms with van der Waals surface area (Å²) in [7, 11) is 0. The van der Waals surface area contributed by atoms with Crippen LogP contribution in [0.25, 0.3) is 10.2 Å². The molecule has 0 saturated carbocycles. The van der Waals surface area contributed by atoms with E-state index in [2.05, 4.69) is 35.4 Å². The lowest BCUT2D eigenvalue weighted by Gasteiger charge is -2.11. The molecule has 0 aliphatic carbocycles. The summed E-state index contributed by atoms with van der Waals surface area (Å²) < 4.78 is 7.16. The maximum Gasteiger partial charge on any atom is 0.124 e. The second-order valence-corrected chi connectivity index (χ2v) is 5.67. The number of ether oxygens (including phenoxy) is 1. The van der Waals surface area contributed by atoms with Crippen LogP contribution in [0.3, 0.4) is 0 Å². The van der Waals surface area contributed by atoms with Crippen LogP contribution in [0.1, 0.15) is 18.0 Å². The summed E-state index contributed by atoms with van der Waals surface area (Å²) >= 11 is 1.74. The van der Waals surface area contributed by atoms with Crippen LogP contribution in [0.5, 0.6) is 0 Å². The van der Waals surface area contributed by atoms with Gasteiger partial charge >= 0.3 is 0 Å². The Balaban J connectivity index is 1.87. The molecule has 1 aliphatic rings. The average molecular weight is 248 g/mol. The molecule has 0 radical (unpaired) electrons. The molecule has 4 heteroatoms. The molecule has 1 N–H and O–H groups in total. The van der Waals surface area contributed by atoms with Crippen molar-refractivity contribution in [2.45, 2.75) is 13.0 Å². The van der Waals surface area contributed by atoms with Gasteiger partial charge in [0.15, 0.2) is 0 Å². The molecule has 1 aromatic heterocycles. The van der Waals surface area contributed by atoms with E-state index < -0.39 is 0 Å². The number of hydrogen-bond donors (Lipinski definition) is 1. The van der Waals surface area contributed by atoms with Crippen molar-refractivity contribution in [1.29, 1.82) is 0 Å². The third-order valence-electron chi connectivity index (χ3n) is 2.99. The number of nitrogens with one attached hydrogen (secondary N) is 1. The standard InChI is InChI=1S/C13H16N2OS/c1-9-6-14-7-11(16-8-9)13-15-10-4-2-3-5-12(10)17-13/h2-5,9,11,14H,6-8H2,1H3. The summed E-state index contributed by atoms with van der Waals surface area (Å²) in [6, 6.07) is 8.25. The predicted molar refractivity (Wildman–Crippen MR) is 70.3 cm³/mol. The van der Waals surface area contributed by atoms with Gasteiger partial charge in [-0.15, -0.1) is 11.3 Å². The fourth-order valence-corrected chi connectivity index (χ4v) is 3.06. The Bertz CT molecular complexity index is 478. The topological polar surface area (TPSA) is 34.2 Å². The second-order valence-electron chi connectivity index (χ2n) is 4.61. The molecule has 1 aliphatic heterocycles. The fourth-order valence-electron chi connectivity index (χ4n) is 2.05. The summed E-state index contributed by atoms with van der Waals surface area (Å²) in [6.45, 7) is 4.91. The van der Waals surface area contributed by atoms with Gasteiger partial charge in [0, 0.05) is 13.1 Å². The molecule has 1 saturated heterocycles. The highest BCUT2D eigenvalue weighted by Crippen LogP contribution is 2.28. The van der Waals surface area contributed by atoms with E-state index in [9.17, 15) is 0 Å². The molecule has 90 valence electrons. The zero-order valence-corrected chi connectivity index (χ0v) is 10.7. The van der Waals surface area contributed by atoms with Crippen molar-refractivity contribution in [3.63, 3.8) is 0 Å². The largest absolute Gasteiger partial charge is 0.369 e. The van der Waals surface area contributed by atoms with E-state index in [0.29, 0.717) is 5.92 Å². The molecule has 1 fully saturated rings. The maximum absolute atomic E-state index is 5.92. The minimum absolute atomic E-state index is 0.109. The monoisotopic (exact) mass is 248 g/mol. The molecule has 2 aromatic rings. The van der Waals surface area contributed by atoms with Crippen molar-refractivity contribution in [3.05, 3.63) is 29.3 Å². The Morgan fingerprint density at radius 2 is 2.24 bits per heavy atom. The third kappa shape index (κ3) is 2.34. The van der Waals surface area contributed by atoms with Crippen molar-refractivity contribution in [1.82, 2.24) is 10.3 Å².